The van der Waals surface area contributed by atoms with E-state index in [0.29, 0.717) is 10.8 Å². The molecule has 1 saturated heterocycles. The van der Waals surface area contributed by atoms with Crippen molar-refractivity contribution in [2.75, 3.05) is 20.1 Å². The number of fused-ring (bicyclic) bond motifs is 5. The topological polar surface area (TPSA) is 3.24 Å². The van der Waals surface area contributed by atoms with Gasteiger partial charge < -0.3 is 4.90 Å². The average molecular weight is 410 g/mol. The quantitative estimate of drug-likeness (QED) is 0.436. The van der Waals surface area contributed by atoms with Crippen molar-refractivity contribution >= 4 is 0 Å². The maximum absolute atomic E-state index is 4.75. The highest BCUT2D eigenvalue weighted by Crippen LogP contribution is 2.68. The Kier molecular flexibility index (Phi) is 5.53. The fraction of sp³-hybridized carbons (Fsp3) is 0.862. The van der Waals surface area contributed by atoms with Gasteiger partial charge in [0.2, 0.25) is 0 Å². The molecule has 1 aliphatic heterocycles. The van der Waals surface area contributed by atoms with Crippen LogP contribution < -0.4 is 0 Å². The van der Waals surface area contributed by atoms with Gasteiger partial charge >= 0.3 is 0 Å². The van der Waals surface area contributed by atoms with Crippen LogP contribution in [0, 0.1) is 46.3 Å². The second-order valence-corrected chi connectivity index (χ2v) is 12.9. The zero-order valence-electron chi connectivity index (χ0n) is 20.2. The second kappa shape index (κ2) is 7.79. The van der Waals surface area contributed by atoms with Gasteiger partial charge in [0.05, 0.1) is 0 Å². The summed E-state index contributed by atoms with van der Waals surface area (Å²) in [5.74, 6) is 5.45. The summed E-state index contributed by atoms with van der Waals surface area (Å²) in [5.41, 5.74) is 4.20. The van der Waals surface area contributed by atoms with Crippen LogP contribution in [0.4, 0.5) is 0 Å². The van der Waals surface area contributed by atoms with Gasteiger partial charge in [-0.05, 0) is 131 Å². The van der Waals surface area contributed by atoms with E-state index in [4.69, 9.17) is 6.58 Å². The zero-order valence-corrected chi connectivity index (χ0v) is 20.2. The van der Waals surface area contributed by atoms with E-state index >= 15 is 0 Å². The lowest BCUT2D eigenvalue weighted by Gasteiger charge is -2.61. The van der Waals surface area contributed by atoms with Crippen LogP contribution in [0.15, 0.2) is 24.3 Å². The van der Waals surface area contributed by atoms with Gasteiger partial charge in [0, 0.05) is 0 Å². The smallest absolute Gasteiger partial charge is 0.00191 e. The number of nitrogens with zero attached hydrogens (tertiary/aromatic N) is 1. The van der Waals surface area contributed by atoms with E-state index in [-0.39, 0.29) is 0 Å². The van der Waals surface area contributed by atoms with Gasteiger partial charge in [-0.3, -0.25) is 0 Å². The molecule has 0 spiro atoms. The summed E-state index contributed by atoms with van der Waals surface area (Å²) in [6.45, 7) is 17.2. The third-order valence-electron chi connectivity index (χ3n) is 11.5. The molecule has 1 heteroatoms. The van der Waals surface area contributed by atoms with E-state index < -0.39 is 0 Å². The molecule has 0 N–H and O–H groups in total. The number of hydrogen-bond acceptors (Lipinski definition) is 1. The van der Waals surface area contributed by atoms with Crippen molar-refractivity contribution in [1.82, 2.24) is 4.90 Å². The molecule has 4 aliphatic carbocycles. The fourth-order valence-electron chi connectivity index (χ4n) is 9.21. The van der Waals surface area contributed by atoms with Crippen LogP contribution >= 0.6 is 0 Å². The minimum absolute atomic E-state index is 0.415. The molecule has 1 heterocycles. The van der Waals surface area contributed by atoms with Crippen LogP contribution in [-0.4, -0.2) is 25.0 Å². The molecule has 168 valence electrons. The Bertz CT molecular complexity index is 684. The molecule has 30 heavy (non-hydrogen) atoms. The molecule has 4 saturated carbocycles. The molecule has 5 aliphatic rings. The molecule has 1 nitrogen and oxygen atoms in total. The first-order valence-corrected chi connectivity index (χ1v) is 13.4. The van der Waals surface area contributed by atoms with E-state index in [1.807, 2.05) is 0 Å². The third kappa shape index (κ3) is 3.37. The molecule has 0 aromatic carbocycles. The van der Waals surface area contributed by atoms with E-state index in [1.54, 1.807) is 11.1 Å². The van der Waals surface area contributed by atoms with Gasteiger partial charge in [0.25, 0.3) is 0 Å². The Morgan fingerprint density at radius 2 is 1.63 bits per heavy atom. The number of hydrogen-bond donors (Lipinski definition) is 0. The summed E-state index contributed by atoms with van der Waals surface area (Å²) in [5, 5.41) is 0. The summed E-state index contributed by atoms with van der Waals surface area (Å²) in [6.07, 6.45) is 17.2. The minimum atomic E-state index is 0.415. The van der Waals surface area contributed by atoms with Crippen molar-refractivity contribution in [3.05, 3.63) is 24.3 Å². The first-order chi connectivity index (χ1) is 14.3. The Morgan fingerprint density at radius 3 is 2.40 bits per heavy atom. The standard InChI is InChI=1S/C29H47N/c1-20-18-24-19-23(8-7-22-12-16-30(5)17-13-22)10-14-29(24,4)26-11-15-28(3)21(2)6-9-25(28)27(20)26/h22-27H,1-2,6-19H2,3-5H3/t23?,24?,25?,26?,27?,28-,29+/m1/s1. The normalized spacial score (nSPS) is 47.6. The van der Waals surface area contributed by atoms with Gasteiger partial charge in [0.15, 0.2) is 0 Å². The van der Waals surface area contributed by atoms with Crippen molar-refractivity contribution < 1.29 is 0 Å². The number of allylic oxidation sites excluding steroid dienone is 2. The summed E-state index contributed by atoms with van der Waals surface area (Å²) in [4.78, 5) is 2.52. The Hall–Kier alpha value is -0.560. The first kappa shape index (κ1) is 21.3. The lowest BCUT2D eigenvalue weighted by molar-refractivity contribution is -0.0812. The van der Waals surface area contributed by atoms with E-state index in [2.05, 4.69) is 32.4 Å². The van der Waals surface area contributed by atoms with Crippen LogP contribution in [0.25, 0.3) is 0 Å². The molecule has 5 fully saturated rings. The minimum Gasteiger partial charge on any atom is -0.306 e. The first-order valence-electron chi connectivity index (χ1n) is 13.4. The molecule has 5 rings (SSSR count). The van der Waals surface area contributed by atoms with Gasteiger partial charge in [-0.25, -0.2) is 0 Å². The van der Waals surface area contributed by atoms with Crippen LogP contribution in [0.3, 0.4) is 0 Å². The lowest BCUT2D eigenvalue weighted by atomic mass is 9.43. The molecule has 0 amide bonds. The highest BCUT2D eigenvalue weighted by Gasteiger charge is 2.59. The van der Waals surface area contributed by atoms with Gasteiger partial charge in [-0.15, -0.1) is 0 Å². The number of piperidine rings is 1. The summed E-state index contributed by atoms with van der Waals surface area (Å²) >= 11 is 0. The maximum Gasteiger partial charge on any atom is -0.00191 e. The lowest BCUT2D eigenvalue weighted by Crippen LogP contribution is -2.53. The predicted molar refractivity (Wildman–Crippen MR) is 128 cm³/mol. The Balaban J connectivity index is 1.25. The van der Waals surface area contributed by atoms with Crippen molar-refractivity contribution in [1.29, 1.82) is 0 Å². The number of rotatable bonds is 3. The van der Waals surface area contributed by atoms with Crippen LogP contribution in [0.2, 0.25) is 0 Å². The Morgan fingerprint density at radius 1 is 0.900 bits per heavy atom. The molecule has 0 radical (unpaired) electrons. The van der Waals surface area contributed by atoms with E-state index in [9.17, 15) is 0 Å². The number of likely N-dealkylation sites (tertiary alicyclic amines) is 1. The van der Waals surface area contributed by atoms with Crippen molar-refractivity contribution in [2.24, 2.45) is 46.3 Å². The largest absolute Gasteiger partial charge is 0.306 e. The zero-order chi connectivity index (χ0) is 21.1. The summed E-state index contributed by atoms with van der Waals surface area (Å²) in [6, 6.07) is 0. The van der Waals surface area contributed by atoms with E-state index in [0.717, 1.165) is 35.5 Å². The van der Waals surface area contributed by atoms with Crippen LogP contribution in [-0.2, 0) is 0 Å². The molecule has 5 unspecified atom stereocenters. The third-order valence-corrected chi connectivity index (χ3v) is 11.5. The molecule has 0 bridgehead atoms. The molecule has 7 atom stereocenters. The van der Waals surface area contributed by atoms with Gasteiger partial charge in [-0.1, -0.05) is 51.0 Å². The van der Waals surface area contributed by atoms with Crippen molar-refractivity contribution in [3.63, 3.8) is 0 Å². The SMILES string of the molecule is C=C1CC2CC(CCC3CCN(C)CC3)CC[C@]2(C)C2CC[C@]3(C)C(=C)CCC3C12. The maximum atomic E-state index is 4.75. The van der Waals surface area contributed by atoms with E-state index in [1.165, 1.54) is 90.1 Å². The van der Waals surface area contributed by atoms with Gasteiger partial charge in [0.1, 0.15) is 0 Å². The molecular formula is C29H47N. The van der Waals surface area contributed by atoms with Crippen molar-refractivity contribution in [3.8, 4) is 0 Å². The highest BCUT2D eigenvalue weighted by molar-refractivity contribution is 5.27. The second-order valence-electron chi connectivity index (χ2n) is 12.9. The van der Waals surface area contributed by atoms with Crippen molar-refractivity contribution in [2.45, 2.75) is 90.9 Å². The van der Waals surface area contributed by atoms with Crippen LogP contribution in [0.1, 0.15) is 90.9 Å². The van der Waals surface area contributed by atoms with Gasteiger partial charge in [-0.2, -0.15) is 0 Å². The molecule has 0 aromatic heterocycles. The summed E-state index contributed by atoms with van der Waals surface area (Å²) in [7, 11) is 2.29. The highest BCUT2D eigenvalue weighted by atomic mass is 15.1. The van der Waals surface area contributed by atoms with Crippen LogP contribution in [0.5, 0.6) is 0 Å². The fourth-order valence-corrected chi connectivity index (χ4v) is 9.21. The monoisotopic (exact) mass is 409 g/mol. The summed E-state index contributed by atoms with van der Waals surface area (Å²) < 4.78 is 0. The predicted octanol–water partition coefficient (Wildman–Crippen LogP) is 7.49. The average Bonchev–Trinajstić information content (AvgIpc) is 3.03. The molecule has 0 aromatic rings. The molecular weight excluding hydrogens is 362 g/mol. The Labute approximate surface area is 186 Å².